The summed E-state index contributed by atoms with van der Waals surface area (Å²) in [5.74, 6) is -1.56. The second-order valence-electron chi connectivity index (χ2n) is 7.48. The summed E-state index contributed by atoms with van der Waals surface area (Å²) in [6.45, 7) is 0. The summed E-state index contributed by atoms with van der Waals surface area (Å²) in [6.07, 6.45) is -5.39. The summed E-state index contributed by atoms with van der Waals surface area (Å²) in [4.78, 5) is 45.3. The van der Waals surface area contributed by atoms with Crippen molar-refractivity contribution < 1.29 is 32.6 Å². The normalized spacial score (nSPS) is 11.9. The first kappa shape index (κ1) is 25.8. The number of nitrogens with zero attached hydrogens (tertiary/aromatic N) is 2. The highest BCUT2D eigenvalue weighted by atomic mass is 19.4. The van der Waals surface area contributed by atoms with Crippen LogP contribution in [0.2, 0.25) is 0 Å². The highest BCUT2D eigenvalue weighted by molar-refractivity contribution is 5.96. The molecule has 1 unspecified atom stereocenters. The van der Waals surface area contributed by atoms with E-state index in [4.69, 9.17) is 0 Å². The molecule has 1 atom stereocenters. The zero-order valence-electron chi connectivity index (χ0n) is 18.2. The van der Waals surface area contributed by atoms with Gasteiger partial charge in [-0.3, -0.25) is 29.8 Å². The van der Waals surface area contributed by atoms with Crippen LogP contribution in [-0.4, -0.2) is 21.7 Å². The van der Waals surface area contributed by atoms with Crippen molar-refractivity contribution in [3.05, 3.63) is 110 Å². The van der Waals surface area contributed by atoms with Gasteiger partial charge in [0.05, 0.1) is 22.3 Å². The van der Waals surface area contributed by atoms with Gasteiger partial charge in [0.15, 0.2) is 0 Å². The molecule has 0 saturated carbocycles. The molecular weight excluding hydrogens is 485 g/mol. The number of carbonyl (C=O) groups excluding carboxylic acids is 2. The summed E-state index contributed by atoms with van der Waals surface area (Å²) in [7, 11) is 0. The van der Waals surface area contributed by atoms with E-state index in [2.05, 4.69) is 10.6 Å². The number of alkyl halides is 3. The van der Waals surface area contributed by atoms with Crippen LogP contribution in [0.15, 0.2) is 72.8 Å². The highest BCUT2D eigenvalue weighted by Gasteiger charge is 2.39. The van der Waals surface area contributed by atoms with E-state index in [0.717, 1.165) is 6.07 Å². The lowest BCUT2D eigenvalue weighted by Gasteiger charge is -2.19. The van der Waals surface area contributed by atoms with E-state index in [1.165, 1.54) is 24.3 Å². The molecule has 2 amide bonds. The van der Waals surface area contributed by atoms with Crippen molar-refractivity contribution in [1.29, 1.82) is 0 Å². The molecule has 0 aliphatic carbocycles. The molecular formula is C23H17F3N4O6. The monoisotopic (exact) mass is 502 g/mol. The van der Waals surface area contributed by atoms with E-state index < -0.39 is 50.7 Å². The van der Waals surface area contributed by atoms with E-state index in [1.807, 2.05) is 0 Å². The molecule has 0 spiro atoms. The van der Waals surface area contributed by atoms with Crippen LogP contribution < -0.4 is 10.6 Å². The maximum Gasteiger partial charge on any atom is 0.423 e. The zero-order valence-corrected chi connectivity index (χ0v) is 18.2. The van der Waals surface area contributed by atoms with Gasteiger partial charge in [-0.25, -0.2) is 0 Å². The Bertz CT molecular complexity index is 1300. The predicted molar refractivity (Wildman–Crippen MR) is 121 cm³/mol. The van der Waals surface area contributed by atoms with Crippen molar-refractivity contribution in [2.45, 2.75) is 18.6 Å². The van der Waals surface area contributed by atoms with Crippen LogP contribution in [0.5, 0.6) is 0 Å². The maximum atomic E-state index is 13.3. The Morgan fingerprint density at radius 3 is 2.08 bits per heavy atom. The number of rotatable bonds is 8. The smallest absolute Gasteiger partial charge is 0.345 e. The Hall–Kier alpha value is -4.81. The van der Waals surface area contributed by atoms with Gasteiger partial charge < -0.3 is 10.6 Å². The Kier molecular flexibility index (Phi) is 7.62. The van der Waals surface area contributed by atoms with Gasteiger partial charge in [0.25, 0.3) is 17.3 Å². The Balaban J connectivity index is 1.82. The van der Waals surface area contributed by atoms with Crippen LogP contribution in [-0.2, 0) is 11.0 Å². The molecule has 3 aromatic rings. The van der Waals surface area contributed by atoms with E-state index in [9.17, 15) is 43.0 Å². The molecule has 2 N–H and O–H groups in total. The third-order valence-electron chi connectivity index (χ3n) is 5.02. The number of amides is 2. The van der Waals surface area contributed by atoms with Crippen LogP contribution in [0, 0.1) is 20.2 Å². The van der Waals surface area contributed by atoms with E-state index in [0.29, 0.717) is 17.7 Å². The zero-order chi connectivity index (χ0) is 26.5. The predicted octanol–water partition coefficient (Wildman–Crippen LogP) is 5.02. The van der Waals surface area contributed by atoms with Crippen LogP contribution in [0.25, 0.3) is 0 Å². The highest BCUT2D eigenvalue weighted by Crippen LogP contribution is 2.36. The lowest BCUT2D eigenvalue weighted by molar-refractivity contribution is -0.388. The number of hydrogen-bond donors (Lipinski definition) is 2. The van der Waals surface area contributed by atoms with Crippen LogP contribution in [0.4, 0.5) is 30.2 Å². The fraction of sp³-hybridized carbons (Fsp3) is 0.130. The molecule has 3 aromatic carbocycles. The van der Waals surface area contributed by atoms with Crippen molar-refractivity contribution in [1.82, 2.24) is 5.32 Å². The fourth-order valence-corrected chi connectivity index (χ4v) is 3.31. The average molecular weight is 502 g/mol. The molecule has 0 saturated heterocycles. The minimum absolute atomic E-state index is 0.177. The topological polar surface area (TPSA) is 144 Å². The standard InChI is InChI=1S/C23H17F3N4O6/c24-23(25,26)18-12-15(6-11-20(18)30(35)36)22(32)28-19(14-4-2-1-3-5-14)13-21(31)27-16-7-9-17(10-8-16)29(33)34/h1-12,19H,13H2,(H,27,31)(H,28,32). The molecule has 3 rings (SSSR count). The summed E-state index contributed by atoms with van der Waals surface area (Å²) in [6, 6.07) is 14.1. The van der Waals surface area contributed by atoms with E-state index >= 15 is 0 Å². The summed E-state index contributed by atoms with van der Waals surface area (Å²) in [5.41, 5.74) is -2.70. The number of nitrogens with one attached hydrogen (secondary N) is 2. The Morgan fingerprint density at radius 1 is 0.889 bits per heavy atom. The SMILES string of the molecule is O=C(CC(NC(=O)c1ccc([N+](=O)[O-])c(C(F)(F)F)c1)c1ccccc1)Nc1ccc([N+](=O)[O-])cc1. The lowest BCUT2D eigenvalue weighted by Crippen LogP contribution is -2.31. The molecule has 186 valence electrons. The Labute approximate surface area is 201 Å². The van der Waals surface area contributed by atoms with Gasteiger partial charge in [0.1, 0.15) is 5.56 Å². The molecule has 0 bridgehead atoms. The molecule has 0 aliphatic heterocycles. The van der Waals surface area contributed by atoms with Gasteiger partial charge in [-0.1, -0.05) is 30.3 Å². The second kappa shape index (κ2) is 10.6. The van der Waals surface area contributed by atoms with Crippen molar-refractivity contribution >= 4 is 28.9 Å². The van der Waals surface area contributed by atoms with Crippen molar-refractivity contribution in [3.8, 4) is 0 Å². The minimum atomic E-state index is -5.07. The van der Waals surface area contributed by atoms with Crippen LogP contribution in [0.1, 0.15) is 33.9 Å². The molecule has 0 heterocycles. The molecule has 0 radical (unpaired) electrons. The number of non-ortho nitro benzene ring substituents is 1. The summed E-state index contributed by atoms with van der Waals surface area (Å²) >= 11 is 0. The molecule has 13 heteroatoms. The van der Waals surface area contributed by atoms with Crippen molar-refractivity contribution in [2.75, 3.05) is 5.32 Å². The van der Waals surface area contributed by atoms with Crippen molar-refractivity contribution in [3.63, 3.8) is 0 Å². The van der Waals surface area contributed by atoms with Crippen LogP contribution >= 0.6 is 0 Å². The quantitative estimate of drug-likeness (QED) is 0.327. The first-order chi connectivity index (χ1) is 17.0. The van der Waals surface area contributed by atoms with Gasteiger partial charge in [-0.2, -0.15) is 13.2 Å². The lowest BCUT2D eigenvalue weighted by atomic mass is 10.0. The van der Waals surface area contributed by atoms with Crippen LogP contribution in [0.3, 0.4) is 0 Å². The van der Waals surface area contributed by atoms with Gasteiger partial charge >= 0.3 is 6.18 Å². The summed E-state index contributed by atoms with van der Waals surface area (Å²) in [5, 5.41) is 26.8. The number of hydrogen-bond acceptors (Lipinski definition) is 6. The van der Waals surface area contributed by atoms with Gasteiger partial charge in [0.2, 0.25) is 5.91 Å². The third-order valence-corrected chi connectivity index (χ3v) is 5.02. The third kappa shape index (κ3) is 6.40. The number of halogens is 3. The van der Waals surface area contributed by atoms with Crippen molar-refractivity contribution in [2.24, 2.45) is 0 Å². The second-order valence-corrected chi connectivity index (χ2v) is 7.48. The number of anilines is 1. The number of benzene rings is 3. The fourth-order valence-electron chi connectivity index (χ4n) is 3.31. The van der Waals surface area contributed by atoms with Gasteiger partial charge in [-0.05, 0) is 29.8 Å². The first-order valence-electron chi connectivity index (χ1n) is 10.2. The number of nitro groups is 2. The molecule has 0 fully saturated rings. The van der Waals surface area contributed by atoms with Gasteiger partial charge in [-0.15, -0.1) is 0 Å². The molecule has 0 aromatic heterocycles. The molecule has 36 heavy (non-hydrogen) atoms. The molecule has 10 nitrogen and oxygen atoms in total. The van der Waals surface area contributed by atoms with Gasteiger partial charge in [0, 0.05) is 29.4 Å². The number of carbonyl (C=O) groups is 2. The van der Waals surface area contributed by atoms with E-state index in [-0.39, 0.29) is 17.8 Å². The number of nitro benzene ring substituents is 2. The largest absolute Gasteiger partial charge is 0.423 e. The maximum absolute atomic E-state index is 13.3. The first-order valence-corrected chi connectivity index (χ1v) is 10.2. The van der Waals surface area contributed by atoms with E-state index in [1.54, 1.807) is 30.3 Å². The average Bonchev–Trinajstić information content (AvgIpc) is 2.83. The molecule has 0 aliphatic rings. The summed E-state index contributed by atoms with van der Waals surface area (Å²) < 4.78 is 39.9. The Morgan fingerprint density at radius 2 is 1.53 bits per heavy atom. The minimum Gasteiger partial charge on any atom is -0.345 e.